The minimum Gasteiger partial charge on any atom is -0.491 e. The van der Waals surface area contributed by atoms with Crippen molar-refractivity contribution in [3.63, 3.8) is 0 Å². The zero-order chi connectivity index (χ0) is 28.6. The van der Waals surface area contributed by atoms with E-state index in [1.807, 2.05) is 31.4 Å². The quantitative estimate of drug-likeness (QED) is 0.193. The molecule has 0 radical (unpaired) electrons. The second kappa shape index (κ2) is 14.7. The number of carbonyl (C=O) groups excluding carboxylic acids is 1. The van der Waals surface area contributed by atoms with E-state index in [1.165, 1.54) is 12.0 Å². The van der Waals surface area contributed by atoms with Crippen molar-refractivity contribution < 1.29 is 14.3 Å². The van der Waals surface area contributed by atoms with E-state index in [1.54, 1.807) is 6.07 Å². The Morgan fingerprint density at radius 1 is 1.25 bits per heavy atom. The number of ether oxygens (including phenoxy) is 2. The number of primary amides is 1. The summed E-state index contributed by atoms with van der Waals surface area (Å²) < 4.78 is 12.3. The predicted octanol–water partition coefficient (Wildman–Crippen LogP) is 7.22. The SMILES string of the molecule is CO[C@@H](/C=C/C[C@H](C)[C@@H](C)S)[C@@H]1CC[C@H]1CN1CC(CCCc2cccc(Cl)c2)COc2ccc(C(N)=O)cc21. The molecule has 0 spiro atoms. The average Bonchev–Trinajstić information content (AvgIpc) is 3.09. The smallest absolute Gasteiger partial charge is 0.248 e. The number of allylic oxidation sites excluding steroid dienone is 1. The van der Waals surface area contributed by atoms with E-state index in [9.17, 15) is 4.79 Å². The van der Waals surface area contributed by atoms with Crippen LogP contribution >= 0.6 is 24.2 Å². The zero-order valence-electron chi connectivity index (χ0n) is 24.1. The topological polar surface area (TPSA) is 64.8 Å². The van der Waals surface area contributed by atoms with Gasteiger partial charge in [0, 0.05) is 42.0 Å². The lowest BCUT2D eigenvalue weighted by molar-refractivity contribution is 0.0133. The van der Waals surface area contributed by atoms with Crippen LogP contribution < -0.4 is 15.4 Å². The normalized spacial score (nSPS) is 23.0. The molecule has 2 aromatic carbocycles. The number of hydrogen-bond donors (Lipinski definition) is 2. The Morgan fingerprint density at radius 2 is 2.08 bits per heavy atom. The van der Waals surface area contributed by atoms with Crippen LogP contribution in [0.25, 0.3) is 0 Å². The first-order valence-electron chi connectivity index (χ1n) is 14.7. The highest BCUT2D eigenvalue weighted by Crippen LogP contribution is 2.42. The molecule has 40 heavy (non-hydrogen) atoms. The second-order valence-corrected chi connectivity index (χ2v) is 13.0. The molecular formula is C33H45ClN2O3S. The molecule has 1 heterocycles. The molecule has 1 aliphatic heterocycles. The molecule has 1 amide bonds. The Labute approximate surface area is 250 Å². The van der Waals surface area contributed by atoms with Crippen molar-refractivity contribution in [2.45, 2.75) is 63.7 Å². The number of carbonyl (C=O) groups is 1. The first-order chi connectivity index (χ1) is 19.2. The number of rotatable bonds is 13. The van der Waals surface area contributed by atoms with Gasteiger partial charge < -0.3 is 20.1 Å². The standard InChI is InChI=1S/C33H45ClN2O3S/c1-22(23(2)40)7-4-12-31(38-3)29-15-13-27(29)20-36-19-25(10-5-8-24-9-6-11-28(34)17-24)21-39-32-16-14-26(33(35)37)18-30(32)36/h4,6,9,11-12,14,16-18,22-23,25,27,29,31,40H,5,7-8,10,13,15,19-21H2,1-3H3,(H2,35,37)/b12-4+/t22-,23+,25?,27-,29+,31-/m0/s1. The van der Waals surface area contributed by atoms with E-state index >= 15 is 0 Å². The summed E-state index contributed by atoms with van der Waals surface area (Å²) in [5.74, 6) is 2.30. The molecule has 0 saturated heterocycles. The van der Waals surface area contributed by atoms with Gasteiger partial charge in [0.05, 0.1) is 18.4 Å². The average molecular weight is 585 g/mol. The molecule has 2 aliphatic rings. The van der Waals surface area contributed by atoms with Gasteiger partial charge in [-0.15, -0.1) is 0 Å². The zero-order valence-corrected chi connectivity index (χ0v) is 25.7. The van der Waals surface area contributed by atoms with Crippen LogP contribution in [0.3, 0.4) is 0 Å². The van der Waals surface area contributed by atoms with E-state index < -0.39 is 5.91 Å². The fourth-order valence-electron chi connectivity index (χ4n) is 5.90. The minimum atomic E-state index is -0.416. The Bertz CT molecular complexity index is 1160. The number of halogens is 1. The molecule has 5 nitrogen and oxygen atoms in total. The van der Waals surface area contributed by atoms with Crippen LogP contribution in [0.1, 0.15) is 61.9 Å². The third kappa shape index (κ3) is 8.20. The van der Waals surface area contributed by atoms with Gasteiger partial charge in [0.1, 0.15) is 5.75 Å². The Morgan fingerprint density at radius 3 is 2.75 bits per heavy atom. The number of hydrogen-bond acceptors (Lipinski definition) is 5. The van der Waals surface area contributed by atoms with Gasteiger partial charge in [0.15, 0.2) is 0 Å². The van der Waals surface area contributed by atoms with Crippen LogP contribution in [-0.4, -0.2) is 44.1 Å². The third-order valence-corrected chi connectivity index (χ3v) is 9.53. The van der Waals surface area contributed by atoms with E-state index in [4.69, 9.17) is 26.8 Å². The van der Waals surface area contributed by atoms with Crippen LogP contribution in [-0.2, 0) is 11.2 Å². The van der Waals surface area contributed by atoms with Crippen LogP contribution in [0.2, 0.25) is 5.02 Å². The van der Waals surface area contributed by atoms with Gasteiger partial charge in [0.25, 0.3) is 0 Å². The maximum atomic E-state index is 12.0. The highest BCUT2D eigenvalue weighted by molar-refractivity contribution is 7.80. The lowest BCUT2D eigenvalue weighted by Crippen LogP contribution is -2.44. The second-order valence-electron chi connectivity index (χ2n) is 11.7. The molecular weight excluding hydrogens is 540 g/mol. The maximum absolute atomic E-state index is 12.0. The molecule has 1 unspecified atom stereocenters. The molecule has 0 bridgehead atoms. The summed E-state index contributed by atoms with van der Waals surface area (Å²) in [4.78, 5) is 14.5. The van der Waals surface area contributed by atoms with Crippen molar-refractivity contribution in [1.82, 2.24) is 0 Å². The Kier molecular flexibility index (Phi) is 11.3. The molecule has 218 valence electrons. The summed E-state index contributed by atoms with van der Waals surface area (Å²) in [5, 5.41) is 1.16. The van der Waals surface area contributed by atoms with Crippen LogP contribution in [0, 0.1) is 23.7 Å². The summed E-state index contributed by atoms with van der Waals surface area (Å²) in [7, 11) is 1.82. The summed E-state index contributed by atoms with van der Waals surface area (Å²) >= 11 is 10.8. The number of thiol groups is 1. The number of aryl methyl sites for hydroxylation is 1. The van der Waals surface area contributed by atoms with Crippen molar-refractivity contribution in [1.29, 1.82) is 0 Å². The number of nitrogens with two attached hydrogens (primary N) is 1. The summed E-state index contributed by atoms with van der Waals surface area (Å²) in [6.07, 6.45) is 11.1. The van der Waals surface area contributed by atoms with Gasteiger partial charge in [-0.1, -0.05) is 49.7 Å². The van der Waals surface area contributed by atoms with Gasteiger partial charge in [-0.2, -0.15) is 12.6 Å². The fourth-order valence-corrected chi connectivity index (χ4v) is 6.24. The van der Waals surface area contributed by atoms with Gasteiger partial charge in [-0.25, -0.2) is 0 Å². The van der Waals surface area contributed by atoms with Crippen molar-refractivity contribution >= 4 is 35.8 Å². The number of fused-ring (bicyclic) bond motifs is 1. The third-order valence-electron chi connectivity index (χ3n) is 8.79. The molecule has 2 N–H and O–H groups in total. The summed E-state index contributed by atoms with van der Waals surface area (Å²) in [6.45, 7) is 6.84. The largest absolute Gasteiger partial charge is 0.491 e. The van der Waals surface area contributed by atoms with Crippen LogP contribution in [0.5, 0.6) is 5.75 Å². The number of benzene rings is 2. The first-order valence-corrected chi connectivity index (χ1v) is 15.6. The molecule has 1 saturated carbocycles. The summed E-state index contributed by atoms with van der Waals surface area (Å²) in [5.41, 5.74) is 8.41. The molecule has 1 aliphatic carbocycles. The van der Waals surface area contributed by atoms with Crippen molar-refractivity contribution in [2.75, 3.05) is 31.7 Å². The predicted molar refractivity (Wildman–Crippen MR) is 169 cm³/mol. The van der Waals surface area contributed by atoms with Gasteiger partial charge in [-0.3, -0.25) is 4.79 Å². The van der Waals surface area contributed by atoms with Gasteiger partial charge in [-0.05, 0) is 92.2 Å². The van der Waals surface area contributed by atoms with E-state index in [0.29, 0.717) is 41.1 Å². The van der Waals surface area contributed by atoms with Crippen LogP contribution in [0.15, 0.2) is 54.6 Å². The molecule has 1 fully saturated rings. The number of amides is 1. The van der Waals surface area contributed by atoms with E-state index in [2.05, 4.69) is 55.7 Å². The Hall–Kier alpha value is -2.15. The fraction of sp³-hybridized carbons (Fsp3) is 0.545. The number of methoxy groups -OCH3 is 1. The van der Waals surface area contributed by atoms with Crippen LogP contribution in [0.4, 0.5) is 5.69 Å². The molecule has 6 atom stereocenters. The van der Waals surface area contributed by atoms with Gasteiger partial charge >= 0.3 is 0 Å². The van der Waals surface area contributed by atoms with Crippen molar-refractivity contribution in [3.05, 3.63) is 70.8 Å². The molecule has 2 aromatic rings. The highest BCUT2D eigenvalue weighted by atomic mass is 35.5. The lowest BCUT2D eigenvalue weighted by atomic mass is 9.70. The van der Waals surface area contributed by atoms with Gasteiger partial charge in [0.2, 0.25) is 5.91 Å². The number of anilines is 1. The molecule has 0 aromatic heterocycles. The lowest BCUT2D eigenvalue weighted by Gasteiger charge is -2.43. The van der Waals surface area contributed by atoms with E-state index in [-0.39, 0.29) is 6.10 Å². The summed E-state index contributed by atoms with van der Waals surface area (Å²) in [6, 6.07) is 13.7. The van der Waals surface area contributed by atoms with E-state index in [0.717, 1.165) is 61.7 Å². The molecule has 7 heteroatoms. The first kappa shape index (κ1) is 30.8. The molecule has 4 rings (SSSR count). The highest BCUT2D eigenvalue weighted by Gasteiger charge is 2.38. The number of nitrogens with zero attached hydrogens (tertiary/aromatic N) is 1. The maximum Gasteiger partial charge on any atom is 0.248 e. The monoisotopic (exact) mass is 584 g/mol. The van der Waals surface area contributed by atoms with Crippen molar-refractivity contribution in [2.24, 2.45) is 29.4 Å². The Balaban J connectivity index is 1.45. The van der Waals surface area contributed by atoms with Crippen molar-refractivity contribution in [3.8, 4) is 5.75 Å². The minimum absolute atomic E-state index is 0.106.